The monoisotopic (exact) mass is 374 g/mol. The number of carbonyl (C=O) groups is 1. The molecule has 0 spiro atoms. The first-order valence-electron chi connectivity index (χ1n) is 9.58. The number of anilines is 1. The quantitative estimate of drug-likeness (QED) is 0.528. The molecule has 0 aromatic heterocycles. The Morgan fingerprint density at radius 3 is 1.86 bits per heavy atom. The van der Waals surface area contributed by atoms with E-state index in [-0.39, 0.29) is 5.91 Å². The van der Waals surface area contributed by atoms with E-state index in [1.165, 1.54) is 18.1 Å². The SMILES string of the molecule is CC(=O)Nc1ccc(Oc2ccc(CCNCCc3ccccc3)cc2)cc1. The van der Waals surface area contributed by atoms with Gasteiger partial charge in [0, 0.05) is 12.6 Å². The first-order valence-corrected chi connectivity index (χ1v) is 9.58. The minimum atomic E-state index is -0.0844. The Kier molecular flexibility index (Phi) is 7.21. The Bertz CT molecular complexity index is 859. The first kappa shape index (κ1) is 19.6. The van der Waals surface area contributed by atoms with Gasteiger partial charge in [0.15, 0.2) is 0 Å². The fourth-order valence-electron chi connectivity index (χ4n) is 2.90. The number of nitrogens with one attached hydrogen (secondary N) is 2. The molecular weight excluding hydrogens is 348 g/mol. The Morgan fingerprint density at radius 2 is 1.29 bits per heavy atom. The van der Waals surface area contributed by atoms with Crippen molar-refractivity contribution in [3.8, 4) is 11.5 Å². The molecule has 2 N–H and O–H groups in total. The second-order valence-electron chi connectivity index (χ2n) is 6.69. The first-order chi connectivity index (χ1) is 13.7. The van der Waals surface area contributed by atoms with Gasteiger partial charge in [-0.1, -0.05) is 42.5 Å². The van der Waals surface area contributed by atoms with Gasteiger partial charge in [-0.15, -0.1) is 0 Å². The molecule has 0 saturated carbocycles. The van der Waals surface area contributed by atoms with Crippen LogP contribution in [0.4, 0.5) is 5.69 Å². The number of carbonyl (C=O) groups excluding carboxylic acids is 1. The Morgan fingerprint density at radius 1 is 0.750 bits per heavy atom. The van der Waals surface area contributed by atoms with E-state index in [4.69, 9.17) is 4.74 Å². The maximum atomic E-state index is 11.1. The van der Waals surface area contributed by atoms with Crippen LogP contribution in [0.3, 0.4) is 0 Å². The van der Waals surface area contributed by atoms with Gasteiger partial charge in [-0.05, 0) is 73.5 Å². The molecule has 3 aromatic rings. The highest BCUT2D eigenvalue weighted by Gasteiger charge is 2.00. The van der Waals surface area contributed by atoms with Crippen molar-refractivity contribution in [2.75, 3.05) is 18.4 Å². The summed E-state index contributed by atoms with van der Waals surface area (Å²) in [5.41, 5.74) is 3.40. The van der Waals surface area contributed by atoms with Crippen molar-refractivity contribution in [2.45, 2.75) is 19.8 Å². The van der Waals surface area contributed by atoms with E-state index >= 15 is 0 Å². The van der Waals surface area contributed by atoms with Gasteiger partial charge in [-0.3, -0.25) is 4.79 Å². The summed E-state index contributed by atoms with van der Waals surface area (Å²) >= 11 is 0. The van der Waals surface area contributed by atoms with Gasteiger partial charge >= 0.3 is 0 Å². The van der Waals surface area contributed by atoms with E-state index < -0.39 is 0 Å². The Labute approximate surface area is 166 Å². The molecule has 0 unspecified atom stereocenters. The van der Waals surface area contributed by atoms with Crippen LogP contribution in [0.25, 0.3) is 0 Å². The third-order valence-corrected chi connectivity index (χ3v) is 4.36. The van der Waals surface area contributed by atoms with Crippen LogP contribution in [-0.2, 0) is 17.6 Å². The summed E-state index contributed by atoms with van der Waals surface area (Å²) in [7, 11) is 0. The summed E-state index contributed by atoms with van der Waals surface area (Å²) in [6.45, 7) is 3.43. The molecule has 4 nitrogen and oxygen atoms in total. The average molecular weight is 374 g/mol. The zero-order valence-corrected chi connectivity index (χ0v) is 16.2. The number of hydrogen-bond donors (Lipinski definition) is 2. The summed E-state index contributed by atoms with van der Waals surface area (Å²) in [6, 6.07) is 26.0. The molecule has 3 aromatic carbocycles. The Balaban J connectivity index is 1.40. The molecule has 0 aliphatic heterocycles. The molecule has 0 aliphatic rings. The van der Waals surface area contributed by atoms with Gasteiger partial charge in [0.05, 0.1) is 0 Å². The zero-order chi connectivity index (χ0) is 19.6. The van der Waals surface area contributed by atoms with Crippen LogP contribution in [0.15, 0.2) is 78.9 Å². The van der Waals surface area contributed by atoms with Crippen LogP contribution >= 0.6 is 0 Å². The molecule has 0 aliphatic carbocycles. The van der Waals surface area contributed by atoms with Crippen LogP contribution in [-0.4, -0.2) is 19.0 Å². The smallest absolute Gasteiger partial charge is 0.221 e. The van der Waals surface area contributed by atoms with Crippen molar-refractivity contribution < 1.29 is 9.53 Å². The highest BCUT2D eigenvalue weighted by molar-refractivity contribution is 5.88. The second kappa shape index (κ2) is 10.3. The van der Waals surface area contributed by atoms with Gasteiger partial charge < -0.3 is 15.4 Å². The molecule has 0 heterocycles. The minimum Gasteiger partial charge on any atom is -0.457 e. The van der Waals surface area contributed by atoms with E-state index in [9.17, 15) is 4.79 Å². The fraction of sp³-hybridized carbons (Fsp3) is 0.208. The molecule has 4 heteroatoms. The molecular formula is C24H26N2O2. The van der Waals surface area contributed by atoms with Crippen LogP contribution in [0.5, 0.6) is 11.5 Å². The zero-order valence-electron chi connectivity index (χ0n) is 16.2. The van der Waals surface area contributed by atoms with Gasteiger partial charge in [0.2, 0.25) is 5.91 Å². The summed E-state index contributed by atoms with van der Waals surface area (Å²) in [5.74, 6) is 1.45. The molecule has 1 amide bonds. The summed E-state index contributed by atoms with van der Waals surface area (Å²) in [4.78, 5) is 11.1. The van der Waals surface area contributed by atoms with Gasteiger partial charge in [0.25, 0.3) is 0 Å². The number of amides is 1. The maximum absolute atomic E-state index is 11.1. The van der Waals surface area contributed by atoms with Crippen molar-refractivity contribution in [3.63, 3.8) is 0 Å². The largest absolute Gasteiger partial charge is 0.457 e. The number of rotatable bonds is 9. The second-order valence-corrected chi connectivity index (χ2v) is 6.69. The van der Waals surface area contributed by atoms with E-state index in [1.807, 2.05) is 42.5 Å². The van der Waals surface area contributed by atoms with E-state index in [1.54, 1.807) is 0 Å². The van der Waals surface area contributed by atoms with Crippen LogP contribution in [0.2, 0.25) is 0 Å². The molecule has 144 valence electrons. The van der Waals surface area contributed by atoms with Crippen molar-refractivity contribution in [1.29, 1.82) is 0 Å². The fourth-order valence-corrected chi connectivity index (χ4v) is 2.90. The number of benzene rings is 3. The van der Waals surface area contributed by atoms with Gasteiger partial charge in [0.1, 0.15) is 11.5 Å². The van der Waals surface area contributed by atoms with E-state index in [0.717, 1.165) is 43.1 Å². The highest BCUT2D eigenvalue weighted by Crippen LogP contribution is 2.23. The lowest BCUT2D eigenvalue weighted by molar-refractivity contribution is -0.114. The maximum Gasteiger partial charge on any atom is 0.221 e. The highest BCUT2D eigenvalue weighted by atomic mass is 16.5. The average Bonchev–Trinajstić information content (AvgIpc) is 2.71. The molecule has 0 radical (unpaired) electrons. The topological polar surface area (TPSA) is 50.4 Å². The van der Waals surface area contributed by atoms with Crippen LogP contribution < -0.4 is 15.4 Å². The van der Waals surface area contributed by atoms with Crippen molar-refractivity contribution in [3.05, 3.63) is 90.0 Å². The van der Waals surface area contributed by atoms with Crippen molar-refractivity contribution in [1.82, 2.24) is 5.32 Å². The summed E-state index contributed by atoms with van der Waals surface area (Å²) in [5, 5.41) is 6.23. The number of hydrogen-bond acceptors (Lipinski definition) is 3. The van der Waals surface area contributed by atoms with Crippen molar-refractivity contribution in [2.24, 2.45) is 0 Å². The van der Waals surface area contributed by atoms with Crippen LogP contribution in [0, 0.1) is 0 Å². The molecule has 0 saturated heterocycles. The van der Waals surface area contributed by atoms with Crippen molar-refractivity contribution >= 4 is 11.6 Å². The molecule has 0 bridgehead atoms. The van der Waals surface area contributed by atoms with Gasteiger partial charge in [-0.25, -0.2) is 0 Å². The predicted molar refractivity (Wildman–Crippen MR) is 114 cm³/mol. The van der Waals surface area contributed by atoms with E-state index in [2.05, 4.69) is 47.0 Å². The molecule has 3 rings (SSSR count). The summed E-state index contributed by atoms with van der Waals surface area (Å²) < 4.78 is 5.86. The lowest BCUT2D eigenvalue weighted by Crippen LogP contribution is -2.20. The Hall–Kier alpha value is -3.11. The molecule has 0 fully saturated rings. The molecule has 28 heavy (non-hydrogen) atoms. The summed E-state index contributed by atoms with van der Waals surface area (Å²) in [6.07, 6.45) is 2.04. The normalized spacial score (nSPS) is 10.5. The van der Waals surface area contributed by atoms with E-state index in [0.29, 0.717) is 0 Å². The lowest BCUT2D eigenvalue weighted by atomic mass is 10.1. The predicted octanol–water partition coefficient (Wildman–Crippen LogP) is 4.81. The van der Waals surface area contributed by atoms with Gasteiger partial charge in [-0.2, -0.15) is 0 Å². The lowest BCUT2D eigenvalue weighted by Gasteiger charge is -2.09. The minimum absolute atomic E-state index is 0.0844. The standard InChI is InChI=1S/C24H26N2O2/c1-19(27)26-22-9-13-24(14-10-22)28-23-11-7-21(8-12-23)16-18-25-17-15-20-5-3-2-4-6-20/h2-14,25H,15-18H2,1H3,(H,26,27). The number of ether oxygens (including phenoxy) is 1. The third kappa shape index (κ3) is 6.56. The third-order valence-electron chi connectivity index (χ3n) is 4.36. The van der Waals surface area contributed by atoms with Crippen LogP contribution in [0.1, 0.15) is 18.1 Å². The molecule has 0 atom stereocenters.